The van der Waals surface area contributed by atoms with Crippen molar-refractivity contribution in [3.8, 4) is 0 Å². The van der Waals surface area contributed by atoms with Gasteiger partial charge >= 0.3 is 0 Å². The Bertz CT molecular complexity index is 453. The Labute approximate surface area is 145 Å². The van der Waals surface area contributed by atoms with Gasteiger partial charge in [-0.05, 0) is 38.4 Å². The molecule has 4 nitrogen and oxygen atoms in total. The van der Waals surface area contributed by atoms with Crippen LogP contribution in [0.25, 0.3) is 0 Å². The average Bonchev–Trinajstić information content (AvgIpc) is 2.92. The molecule has 2 rings (SSSR count). The first-order valence-electron chi connectivity index (χ1n) is 7.45. The van der Waals surface area contributed by atoms with Crippen molar-refractivity contribution in [1.82, 2.24) is 10.2 Å². The number of nitrogens with two attached hydrogens (primary N) is 1. The Morgan fingerprint density at radius 1 is 1.36 bits per heavy atom. The molecule has 1 amide bonds. The highest BCUT2D eigenvalue weighted by Crippen LogP contribution is 2.16. The van der Waals surface area contributed by atoms with Gasteiger partial charge in [-0.2, -0.15) is 0 Å². The largest absolute Gasteiger partial charge is 0.353 e. The predicted molar refractivity (Wildman–Crippen MR) is 95.9 cm³/mol. The summed E-state index contributed by atoms with van der Waals surface area (Å²) in [6, 6.07) is 7.71. The van der Waals surface area contributed by atoms with E-state index >= 15 is 0 Å². The second kappa shape index (κ2) is 10.1. The van der Waals surface area contributed by atoms with E-state index in [-0.39, 0.29) is 30.7 Å². The summed E-state index contributed by atoms with van der Waals surface area (Å²) in [5, 5.41) is 3.00. The number of carbonyl (C=O) groups excluding carboxylic acids is 1. The van der Waals surface area contributed by atoms with Crippen LogP contribution in [0.3, 0.4) is 0 Å². The lowest BCUT2D eigenvalue weighted by molar-refractivity contribution is -0.122. The van der Waals surface area contributed by atoms with Gasteiger partial charge in [0.15, 0.2) is 0 Å². The molecular formula is C16H27Cl2N3O. The summed E-state index contributed by atoms with van der Waals surface area (Å²) in [6.07, 6.45) is 2.38. The molecule has 1 aromatic carbocycles. The Balaban J connectivity index is 0.00000220. The monoisotopic (exact) mass is 347 g/mol. The summed E-state index contributed by atoms with van der Waals surface area (Å²) in [6.45, 7) is 7.07. The lowest BCUT2D eigenvalue weighted by Crippen LogP contribution is -2.43. The molecule has 0 aromatic heterocycles. The van der Waals surface area contributed by atoms with E-state index < -0.39 is 6.04 Å². The molecule has 1 aliphatic heterocycles. The van der Waals surface area contributed by atoms with Crippen LogP contribution in [-0.4, -0.2) is 36.5 Å². The fourth-order valence-corrected chi connectivity index (χ4v) is 2.80. The lowest BCUT2D eigenvalue weighted by atomic mass is 10.1. The number of rotatable bonds is 5. The zero-order valence-corrected chi connectivity index (χ0v) is 14.9. The number of likely N-dealkylation sites (tertiary alicyclic amines) is 1. The molecule has 1 fully saturated rings. The molecule has 6 heteroatoms. The molecule has 126 valence electrons. The normalized spacial score (nSPS) is 19.0. The number of halogens is 2. The number of hydrogen-bond acceptors (Lipinski definition) is 3. The molecule has 0 spiro atoms. The second-order valence-electron chi connectivity index (χ2n) is 5.56. The van der Waals surface area contributed by atoms with Crippen molar-refractivity contribution in [3.63, 3.8) is 0 Å². The molecule has 0 saturated carbocycles. The quantitative estimate of drug-likeness (QED) is 0.859. The summed E-state index contributed by atoms with van der Waals surface area (Å²) in [5.74, 6) is -0.0863. The first-order chi connectivity index (χ1) is 9.61. The maximum Gasteiger partial charge on any atom is 0.241 e. The van der Waals surface area contributed by atoms with Gasteiger partial charge in [-0.1, -0.05) is 36.8 Å². The molecule has 22 heavy (non-hydrogen) atoms. The van der Waals surface area contributed by atoms with Crippen molar-refractivity contribution in [2.75, 3.05) is 19.6 Å². The fraction of sp³-hybridized carbons (Fsp3) is 0.562. The van der Waals surface area contributed by atoms with E-state index in [4.69, 9.17) is 5.73 Å². The predicted octanol–water partition coefficient (Wildman–Crippen LogP) is 2.44. The average molecular weight is 348 g/mol. The van der Waals surface area contributed by atoms with Gasteiger partial charge in [0.1, 0.15) is 6.04 Å². The molecule has 2 atom stereocenters. The molecule has 0 radical (unpaired) electrons. The number of benzene rings is 1. The van der Waals surface area contributed by atoms with Crippen molar-refractivity contribution in [2.24, 2.45) is 5.73 Å². The number of aryl methyl sites for hydroxylation is 1. The van der Waals surface area contributed by atoms with E-state index in [9.17, 15) is 4.79 Å². The van der Waals surface area contributed by atoms with E-state index in [0.29, 0.717) is 12.6 Å². The Morgan fingerprint density at radius 2 is 2.00 bits per heavy atom. The Kier molecular flexibility index (Phi) is 9.69. The zero-order valence-electron chi connectivity index (χ0n) is 13.2. The van der Waals surface area contributed by atoms with E-state index in [1.54, 1.807) is 0 Å². The van der Waals surface area contributed by atoms with Crippen LogP contribution in [0.5, 0.6) is 0 Å². The van der Waals surface area contributed by atoms with Gasteiger partial charge in [-0.15, -0.1) is 24.8 Å². The van der Waals surface area contributed by atoms with Crippen molar-refractivity contribution in [3.05, 3.63) is 35.4 Å². The fourth-order valence-electron chi connectivity index (χ4n) is 2.80. The minimum absolute atomic E-state index is 0. The summed E-state index contributed by atoms with van der Waals surface area (Å²) in [5.41, 5.74) is 8.05. The van der Waals surface area contributed by atoms with Gasteiger partial charge in [0.2, 0.25) is 5.91 Å². The zero-order chi connectivity index (χ0) is 14.5. The summed E-state index contributed by atoms with van der Waals surface area (Å²) in [7, 11) is 0. The maximum absolute atomic E-state index is 12.1. The third-order valence-electron chi connectivity index (χ3n) is 4.14. The Hall–Kier alpha value is -0.810. The molecule has 1 aliphatic rings. The summed E-state index contributed by atoms with van der Waals surface area (Å²) < 4.78 is 0. The highest BCUT2D eigenvalue weighted by molar-refractivity contribution is 5.85. The molecule has 3 N–H and O–H groups in total. The maximum atomic E-state index is 12.1. The van der Waals surface area contributed by atoms with Crippen LogP contribution in [0.2, 0.25) is 0 Å². The van der Waals surface area contributed by atoms with Crippen LogP contribution in [0.1, 0.15) is 36.9 Å². The van der Waals surface area contributed by atoms with Gasteiger partial charge in [0.25, 0.3) is 0 Å². The first kappa shape index (κ1) is 21.2. The van der Waals surface area contributed by atoms with Gasteiger partial charge in [-0.25, -0.2) is 0 Å². The number of nitrogens with zero attached hydrogens (tertiary/aromatic N) is 1. The van der Waals surface area contributed by atoms with Crippen molar-refractivity contribution in [2.45, 2.75) is 38.8 Å². The number of carbonyl (C=O) groups is 1. The van der Waals surface area contributed by atoms with E-state index in [2.05, 4.69) is 17.1 Å². The smallest absolute Gasteiger partial charge is 0.241 e. The second-order valence-corrected chi connectivity index (χ2v) is 5.56. The summed E-state index contributed by atoms with van der Waals surface area (Å²) in [4.78, 5) is 14.5. The third-order valence-corrected chi connectivity index (χ3v) is 4.14. The topological polar surface area (TPSA) is 58.4 Å². The van der Waals surface area contributed by atoms with Crippen LogP contribution in [0, 0.1) is 6.92 Å². The third kappa shape index (κ3) is 5.43. The SMILES string of the molecule is CCN1CCCC1CNC(=O)C(N)c1ccc(C)cc1.Cl.Cl. The first-order valence-corrected chi connectivity index (χ1v) is 7.45. The van der Waals surface area contributed by atoms with Crippen LogP contribution in [0.4, 0.5) is 0 Å². The minimum Gasteiger partial charge on any atom is -0.353 e. The highest BCUT2D eigenvalue weighted by Gasteiger charge is 2.24. The van der Waals surface area contributed by atoms with Crippen LogP contribution >= 0.6 is 24.8 Å². The lowest BCUT2D eigenvalue weighted by Gasteiger charge is -2.23. The Morgan fingerprint density at radius 3 is 2.59 bits per heavy atom. The molecule has 0 aliphatic carbocycles. The van der Waals surface area contributed by atoms with E-state index in [0.717, 1.165) is 25.1 Å². The van der Waals surface area contributed by atoms with Crippen LogP contribution in [0.15, 0.2) is 24.3 Å². The van der Waals surface area contributed by atoms with Crippen molar-refractivity contribution in [1.29, 1.82) is 0 Å². The van der Waals surface area contributed by atoms with Gasteiger partial charge < -0.3 is 11.1 Å². The standard InChI is InChI=1S/C16H25N3O.2ClH/c1-3-19-10-4-5-14(19)11-18-16(20)15(17)13-8-6-12(2)7-9-13;;/h6-9,14-15H,3-5,10-11,17H2,1-2H3,(H,18,20);2*1H. The highest BCUT2D eigenvalue weighted by atomic mass is 35.5. The van der Waals surface area contributed by atoms with E-state index in [1.165, 1.54) is 12.0 Å². The molecule has 1 heterocycles. The van der Waals surface area contributed by atoms with Crippen LogP contribution in [-0.2, 0) is 4.79 Å². The number of likely N-dealkylation sites (N-methyl/N-ethyl adjacent to an activating group) is 1. The molecule has 2 unspecified atom stereocenters. The van der Waals surface area contributed by atoms with Gasteiger partial charge in [0, 0.05) is 12.6 Å². The number of nitrogens with one attached hydrogen (secondary N) is 1. The molecule has 1 aromatic rings. The van der Waals surface area contributed by atoms with Crippen LogP contribution < -0.4 is 11.1 Å². The van der Waals surface area contributed by atoms with Crippen molar-refractivity contribution < 1.29 is 4.79 Å². The minimum atomic E-state index is -0.577. The number of hydrogen-bond donors (Lipinski definition) is 2. The summed E-state index contributed by atoms with van der Waals surface area (Å²) >= 11 is 0. The molecule has 0 bridgehead atoms. The van der Waals surface area contributed by atoms with Gasteiger partial charge in [0.05, 0.1) is 0 Å². The van der Waals surface area contributed by atoms with Gasteiger partial charge in [-0.3, -0.25) is 9.69 Å². The molecular weight excluding hydrogens is 321 g/mol. The number of amides is 1. The van der Waals surface area contributed by atoms with E-state index in [1.807, 2.05) is 31.2 Å². The van der Waals surface area contributed by atoms with Crippen molar-refractivity contribution >= 4 is 30.7 Å². The molecule has 1 saturated heterocycles.